The van der Waals surface area contributed by atoms with E-state index in [2.05, 4.69) is 0 Å². The van der Waals surface area contributed by atoms with Crippen LogP contribution in [0, 0.1) is 5.82 Å². The van der Waals surface area contributed by atoms with Crippen molar-refractivity contribution < 1.29 is 14.3 Å². The fourth-order valence-corrected chi connectivity index (χ4v) is 1.67. The number of carboxylic acids is 1. The Labute approximate surface area is 101 Å². The SMILES string of the molecule is CCC(C)N(CC(=O)O)Cc1cccc(F)c1. The van der Waals surface area contributed by atoms with Gasteiger partial charge in [-0.1, -0.05) is 19.1 Å². The first kappa shape index (κ1) is 13.6. The second-order valence-corrected chi connectivity index (χ2v) is 4.19. The predicted octanol–water partition coefficient (Wildman–Crippen LogP) is 2.51. The first-order chi connectivity index (χ1) is 8.02. The van der Waals surface area contributed by atoms with Crippen LogP contribution >= 0.6 is 0 Å². The molecule has 0 radical (unpaired) electrons. The van der Waals surface area contributed by atoms with Gasteiger partial charge in [-0.15, -0.1) is 0 Å². The summed E-state index contributed by atoms with van der Waals surface area (Å²) in [6.07, 6.45) is 0.864. The lowest BCUT2D eigenvalue weighted by atomic mass is 10.1. The van der Waals surface area contributed by atoms with Crippen LogP contribution in [0.5, 0.6) is 0 Å². The highest BCUT2D eigenvalue weighted by molar-refractivity contribution is 5.69. The number of nitrogens with zero attached hydrogens (tertiary/aromatic N) is 1. The van der Waals surface area contributed by atoms with Gasteiger partial charge in [0, 0.05) is 12.6 Å². The van der Waals surface area contributed by atoms with Crippen LogP contribution in [0.15, 0.2) is 24.3 Å². The van der Waals surface area contributed by atoms with Gasteiger partial charge in [-0.25, -0.2) is 4.39 Å². The van der Waals surface area contributed by atoms with Crippen LogP contribution in [-0.2, 0) is 11.3 Å². The van der Waals surface area contributed by atoms with Crippen LogP contribution in [0.1, 0.15) is 25.8 Å². The smallest absolute Gasteiger partial charge is 0.317 e. The van der Waals surface area contributed by atoms with Gasteiger partial charge in [0.1, 0.15) is 5.82 Å². The zero-order valence-electron chi connectivity index (χ0n) is 10.2. The Hall–Kier alpha value is -1.42. The molecule has 17 heavy (non-hydrogen) atoms. The molecule has 1 rings (SSSR count). The molecule has 0 saturated carbocycles. The summed E-state index contributed by atoms with van der Waals surface area (Å²) in [5.74, 6) is -1.15. The molecule has 1 N–H and O–H groups in total. The normalized spacial score (nSPS) is 12.7. The van der Waals surface area contributed by atoms with Crippen LogP contribution in [0.4, 0.5) is 4.39 Å². The molecule has 1 unspecified atom stereocenters. The summed E-state index contributed by atoms with van der Waals surface area (Å²) < 4.78 is 13.0. The van der Waals surface area contributed by atoms with Crippen LogP contribution in [0.25, 0.3) is 0 Å². The second kappa shape index (κ2) is 6.35. The maximum Gasteiger partial charge on any atom is 0.317 e. The predicted molar refractivity (Wildman–Crippen MR) is 64.2 cm³/mol. The van der Waals surface area contributed by atoms with Gasteiger partial charge in [0.2, 0.25) is 0 Å². The lowest BCUT2D eigenvalue weighted by Gasteiger charge is -2.26. The highest BCUT2D eigenvalue weighted by Gasteiger charge is 2.15. The Morgan fingerprint density at radius 2 is 2.24 bits per heavy atom. The van der Waals surface area contributed by atoms with E-state index >= 15 is 0 Å². The van der Waals surface area contributed by atoms with Gasteiger partial charge in [0.15, 0.2) is 0 Å². The average Bonchev–Trinajstić information content (AvgIpc) is 2.26. The number of carboxylic acid groups (broad SMARTS) is 1. The number of hydrogen-bond donors (Lipinski definition) is 1. The van der Waals surface area contributed by atoms with E-state index in [-0.39, 0.29) is 18.4 Å². The summed E-state index contributed by atoms with van der Waals surface area (Å²) in [5, 5.41) is 8.85. The van der Waals surface area contributed by atoms with Crippen LogP contribution in [0.2, 0.25) is 0 Å². The molecule has 0 aliphatic rings. The number of rotatable bonds is 6. The largest absolute Gasteiger partial charge is 0.480 e. The van der Waals surface area contributed by atoms with Crippen molar-refractivity contribution in [1.29, 1.82) is 0 Å². The molecule has 0 saturated heterocycles. The first-order valence-electron chi connectivity index (χ1n) is 5.73. The molecule has 0 spiro atoms. The fraction of sp³-hybridized carbons (Fsp3) is 0.462. The number of aliphatic carboxylic acids is 1. The number of carbonyl (C=O) groups is 1. The highest BCUT2D eigenvalue weighted by atomic mass is 19.1. The summed E-state index contributed by atoms with van der Waals surface area (Å²) in [7, 11) is 0. The lowest BCUT2D eigenvalue weighted by molar-refractivity contribution is -0.139. The summed E-state index contributed by atoms with van der Waals surface area (Å²) in [4.78, 5) is 12.6. The molecular formula is C13H18FNO2. The Morgan fingerprint density at radius 1 is 1.53 bits per heavy atom. The standard InChI is InChI=1S/C13H18FNO2/c1-3-10(2)15(9-13(16)17)8-11-5-4-6-12(14)7-11/h4-7,10H,3,8-9H2,1-2H3,(H,16,17). The van der Waals surface area contributed by atoms with Crippen molar-refractivity contribution in [3.63, 3.8) is 0 Å². The third kappa shape index (κ3) is 4.53. The summed E-state index contributed by atoms with van der Waals surface area (Å²) in [5.41, 5.74) is 0.798. The Bertz CT molecular complexity index is 381. The van der Waals surface area contributed by atoms with Crippen LogP contribution in [-0.4, -0.2) is 28.6 Å². The second-order valence-electron chi connectivity index (χ2n) is 4.19. The van der Waals surface area contributed by atoms with Gasteiger partial charge < -0.3 is 5.11 Å². The van der Waals surface area contributed by atoms with Crippen molar-refractivity contribution >= 4 is 5.97 Å². The third-order valence-electron chi connectivity index (χ3n) is 2.83. The molecule has 1 aromatic rings. The minimum absolute atomic E-state index is 0.0223. The van der Waals surface area contributed by atoms with Crippen molar-refractivity contribution in [2.24, 2.45) is 0 Å². The lowest BCUT2D eigenvalue weighted by Crippen LogP contribution is -2.36. The Balaban J connectivity index is 2.74. The molecule has 0 fully saturated rings. The summed E-state index contributed by atoms with van der Waals surface area (Å²) in [6, 6.07) is 6.43. The maximum atomic E-state index is 13.0. The minimum atomic E-state index is -0.860. The minimum Gasteiger partial charge on any atom is -0.480 e. The molecule has 0 amide bonds. The summed E-state index contributed by atoms with van der Waals surface area (Å²) >= 11 is 0. The van der Waals surface area contributed by atoms with E-state index in [0.717, 1.165) is 12.0 Å². The van der Waals surface area contributed by atoms with E-state index in [1.807, 2.05) is 18.7 Å². The molecular weight excluding hydrogens is 221 g/mol. The van der Waals surface area contributed by atoms with Crippen molar-refractivity contribution in [1.82, 2.24) is 4.90 Å². The highest BCUT2D eigenvalue weighted by Crippen LogP contribution is 2.11. The van der Waals surface area contributed by atoms with Crippen LogP contribution < -0.4 is 0 Å². The number of hydrogen-bond acceptors (Lipinski definition) is 2. The zero-order chi connectivity index (χ0) is 12.8. The first-order valence-corrected chi connectivity index (χ1v) is 5.73. The maximum absolute atomic E-state index is 13.0. The van der Waals surface area contributed by atoms with Gasteiger partial charge >= 0.3 is 5.97 Å². The quantitative estimate of drug-likeness (QED) is 0.829. The van der Waals surface area contributed by atoms with Gasteiger partial charge in [-0.3, -0.25) is 9.69 Å². The molecule has 0 heterocycles. The summed E-state index contributed by atoms with van der Waals surface area (Å²) in [6.45, 7) is 4.41. The number of halogens is 1. The van der Waals surface area contributed by atoms with Crippen molar-refractivity contribution in [3.8, 4) is 0 Å². The molecule has 0 bridgehead atoms. The Kier molecular flexibility index (Phi) is 5.10. The van der Waals surface area contributed by atoms with E-state index < -0.39 is 5.97 Å². The van der Waals surface area contributed by atoms with Gasteiger partial charge in [-0.2, -0.15) is 0 Å². The van der Waals surface area contributed by atoms with E-state index in [0.29, 0.717) is 6.54 Å². The van der Waals surface area contributed by atoms with E-state index in [9.17, 15) is 9.18 Å². The Morgan fingerprint density at radius 3 is 2.76 bits per heavy atom. The van der Waals surface area contributed by atoms with Gasteiger partial charge in [0.25, 0.3) is 0 Å². The fourth-order valence-electron chi connectivity index (χ4n) is 1.67. The van der Waals surface area contributed by atoms with Crippen molar-refractivity contribution in [2.75, 3.05) is 6.54 Å². The zero-order valence-corrected chi connectivity index (χ0v) is 10.2. The van der Waals surface area contributed by atoms with Gasteiger partial charge in [0.05, 0.1) is 6.54 Å². The van der Waals surface area contributed by atoms with E-state index in [4.69, 9.17) is 5.11 Å². The topological polar surface area (TPSA) is 40.5 Å². The molecule has 1 atom stereocenters. The van der Waals surface area contributed by atoms with Crippen molar-refractivity contribution in [2.45, 2.75) is 32.9 Å². The van der Waals surface area contributed by atoms with E-state index in [1.165, 1.54) is 12.1 Å². The van der Waals surface area contributed by atoms with Crippen LogP contribution in [0.3, 0.4) is 0 Å². The molecule has 4 heteroatoms. The van der Waals surface area contributed by atoms with Crippen molar-refractivity contribution in [3.05, 3.63) is 35.6 Å². The third-order valence-corrected chi connectivity index (χ3v) is 2.83. The van der Waals surface area contributed by atoms with Gasteiger partial charge in [-0.05, 0) is 31.0 Å². The molecule has 0 aliphatic carbocycles. The molecule has 1 aromatic carbocycles. The average molecular weight is 239 g/mol. The molecule has 0 aliphatic heterocycles. The molecule has 3 nitrogen and oxygen atoms in total. The monoisotopic (exact) mass is 239 g/mol. The number of benzene rings is 1. The molecule has 0 aromatic heterocycles. The molecule has 94 valence electrons. The van der Waals surface area contributed by atoms with E-state index in [1.54, 1.807) is 12.1 Å².